The van der Waals surface area contributed by atoms with E-state index in [2.05, 4.69) is 10.2 Å². The summed E-state index contributed by atoms with van der Waals surface area (Å²) in [4.78, 5) is 25.5. The highest BCUT2D eigenvalue weighted by molar-refractivity contribution is 7.90. The van der Waals surface area contributed by atoms with E-state index in [9.17, 15) is 18.0 Å². The number of fused-ring (bicyclic) bond motifs is 1. The van der Waals surface area contributed by atoms with Crippen LogP contribution in [0.4, 0.5) is 0 Å². The zero-order chi connectivity index (χ0) is 18.7. The maximum atomic E-state index is 12.9. The summed E-state index contributed by atoms with van der Waals surface area (Å²) in [7, 11) is -3.44. The number of aromatic amines is 1. The van der Waals surface area contributed by atoms with Crippen molar-refractivity contribution in [3.63, 3.8) is 0 Å². The monoisotopic (exact) mass is 382 g/mol. The summed E-state index contributed by atoms with van der Waals surface area (Å²) >= 11 is 0. The molecule has 0 radical (unpaired) electrons. The number of morpholine rings is 1. The van der Waals surface area contributed by atoms with Gasteiger partial charge >= 0.3 is 0 Å². The van der Waals surface area contributed by atoms with Crippen LogP contribution in [0.25, 0.3) is 0 Å². The highest BCUT2D eigenvalue weighted by atomic mass is 32.2. The number of rotatable bonds is 3. The number of nitrogens with one attached hydrogen (secondary N) is 1. The standard InChI is InChI=1S/C16H22N4O5S/c1-10(2)6-20-9-16-8-19(15(22)12-3-4-14(21)18-17-12)7-11(25-16)5-13(16)26(20,23)24/h3-4,10-11,13H,5-9H2,1-2H3,(H,18,21)/t11-,13+,16?/m1/s1. The largest absolute Gasteiger partial charge is 0.365 e. The number of ether oxygens (including phenoxy) is 1. The van der Waals surface area contributed by atoms with Crippen LogP contribution in [0.5, 0.6) is 0 Å². The number of carbonyl (C=O) groups is 1. The van der Waals surface area contributed by atoms with Gasteiger partial charge in [0.05, 0.1) is 12.6 Å². The quantitative estimate of drug-likeness (QED) is 0.749. The van der Waals surface area contributed by atoms with Crippen LogP contribution in [0.2, 0.25) is 0 Å². The smallest absolute Gasteiger partial charge is 0.274 e. The molecule has 142 valence electrons. The van der Waals surface area contributed by atoms with Crippen LogP contribution in [0.15, 0.2) is 16.9 Å². The van der Waals surface area contributed by atoms with E-state index in [0.29, 0.717) is 19.5 Å². The van der Waals surface area contributed by atoms with Crippen LogP contribution >= 0.6 is 0 Å². The molecule has 0 saturated carbocycles. The molecule has 0 aliphatic carbocycles. The molecular weight excluding hydrogens is 360 g/mol. The fourth-order valence-corrected chi connectivity index (χ4v) is 6.77. The van der Waals surface area contributed by atoms with Crippen LogP contribution in [-0.2, 0) is 14.8 Å². The summed E-state index contributed by atoms with van der Waals surface area (Å²) in [6.07, 6.45) is 0.108. The molecule has 9 nitrogen and oxygen atoms in total. The SMILES string of the molecule is CC(C)CN1CC23CN(C(=O)c4ccc(=O)[nH]n4)C[C@@H](C[C@@H]2S1(=O)=O)O3. The van der Waals surface area contributed by atoms with Crippen molar-refractivity contribution in [3.05, 3.63) is 28.2 Å². The van der Waals surface area contributed by atoms with Gasteiger partial charge < -0.3 is 9.64 Å². The lowest BCUT2D eigenvalue weighted by atomic mass is 9.99. The summed E-state index contributed by atoms with van der Waals surface area (Å²) in [6.45, 7) is 5.22. The number of H-pyrrole nitrogens is 1. The molecule has 0 aromatic carbocycles. The molecular formula is C16H22N4O5S. The number of hydrogen-bond acceptors (Lipinski definition) is 6. The first-order valence-electron chi connectivity index (χ1n) is 8.73. The Bertz CT molecular complexity index is 878. The number of carbonyl (C=O) groups excluding carboxylic acids is 1. The number of hydrogen-bond donors (Lipinski definition) is 1. The van der Waals surface area contributed by atoms with Crippen molar-refractivity contribution in [2.75, 3.05) is 26.2 Å². The third-order valence-corrected chi connectivity index (χ3v) is 7.60. The van der Waals surface area contributed by atoms with E-state index in [4.69, 9.17) is 4.74 Å². The highest BCUT2D eigenvalue weighted by Gasteiger charge is 2.65. The molecule has 3 atom stereocenters. The molecule has 4 heterocycles. The number of nitrogens with zero attached hydrogens (tertiary/aromatic N) is 3. The Kier molecular flexibility index (Phi) is 3.97. The van der Waals surface area contributed by atoms with Gasteiger partial charge in [-0.2, -0.15) is 9.40 Å². The van der Waals surface area contributed by atoms with Crippen LogP contribution in [0, 0.1) is 5.92 Å². The zero-order valence-corrected chi connectivity index (χ0v) is 15.5. The van der Waals surface area contributed by atoms with Gasteiger partial charge in [-0.1, -0.05) is 13.8 Å². The predicted molar refractivity (Wildman–Crippen MR) is 92.1 cm³/mol. The highest BCUT2D eigenvalue weighted by Crippen LogP contribution is 2.46. The second-order valence-electron chi connectivity index (χ2n) is 7.75. The van der Waals surface area contributed by atoms with Gasteiger partial charge in [-0.3, -0.25) is 9.59 Å². The van der Waals surface area contributed by atoms with Crippen LogP contribution in [0.3, 0.4) is 0 Å². The minimum absolute atomic E-state index is 0.138. The first-order chi connectivity index (χ1) is 12.2. The minimum Gasteiger partial charge on any atom is -0.365 e. The summed E-state index contributed by atoms with van der Waals surface area (Å²) in [5.74, 6) is -0.114. The molecule has 1 aromatic heterocycles. The Labute approximate surface area is 151 Å². The van der Waals surface area contributed by atoms with E-state index >= 15 is 0 Å². The second kappa shape index (κ2) is 5.86. The van der Waals surface area contributed by atoms with Crippen molar-refractivity contribution >= 4 is 15.9 Å². The fourth-order valence-electron chi connectivity index (χ4n) is 4.30. The first kappa shape index (κ1) is 17.6. The molecule has 10 heteroatoms. The Morgan fingerprint density at radius 3 is 2.85 bits per heavy atom. The van der Waals surface area contributed by atoms with Gasteiger partial charge in [-0.15, -0.1) is 0 Å². The molecule has 1 unspecified atom stereocenters. The van der Waals surface area contributed by atoms with Gasteiger partial charge in [0.25, 0.3) is 11.5 Å². The molecule has 3 aliphatic heterocycles. The Hall–Kier alpha value is -1.78. The van der Waals surface area contributed by atoms with Gasteiger partial charge in [0, 0.05) is 25.7 Å². The summed E-state index contributed by atoms with van der Waals surface area (Å²) < 4.78 is 33.4. The van der Waals surface area contributed by atoms with Crippen molar-refractivity contribution in [1.29, 1.82) is 0 Å². The van der Waals surface area contributed by atoms with E-state index in [1.165, 1.54) is 16.4 Å². The molecule has 26 heavy (non-hydrogen) atoms. The normalized spacial score (nSPS) is 32.8. The zero-order valence-electron chi connectivity index (χ0n) is 14.7. The number of sulfonamides is 1. The van der Waals surface area contributed by atoms with Crippen LogP contribution < -0.4 is 5.56 Å². The number of amides is 1. The summed E-state index contributed by atoms with van der Waals surface area (Å²) in [6, 6.07) is 2.63. The minimum atomic E-state index is -3.44. The predicted octanol–water partition coefficient (Wildman–Crippen LogP) is -0.577. The third-order valence-electron chi connectivity index (χ3n) is 5.27. The van der Waals surface area contributed by atoms with E-state index in [1.54, 1.807) is 4.90 Å². The van der Waals surface area contributed by atoms with Gasteiger partial charge in [0.1, 0.15) is 16.5 Å². The van der Waals surface area contributed by atoms with Crippen molar-refractivity contribution in [2.45, 2.75) is 37.2 Å². The number of likely N-dealkylation sites (tertiary alicyclic amines) is 1. The number of aromatic nitrogens is 2. The second-order valence-corrected chi connectivity index (χ2v) is 9.87. The summed E-state index contributed by atoms with van der Waals surface area (Å²) in [5.41, 5.74) is -1.12. The van der Waals surface area contributed by atoms with Crippen molar-refractivity contribution < 1.29 is 17.9 Å². The van der Waals surface area contributed by atoms with Crippen molar-refractivity contribution in [1.82, 2.24) is 19.4 Å². The lowest BCUT2D eigenvalue weighted by Gasteiger charge is -2.39. The molecule has 3 aliphatic rings. The van der Waals surface area contributed by atoms with Crippen molar-refractivity contribution in [2.24, 2.45) is 5.92 Å². The maximum Gasteiger partial charge on any atom is 0.274 e. The lowest BCUT2D eigenvalue weighted by Crippen LogP contribution is -2.56. The topological polar surface area (TPSA) is 113 Å². The molecule has 3 saturated heterocycles. The van der Waals surface area contributed by atoms with E-state index in [-0.39, 0.29) is 42.3 Å². The molecule has 1 spiro atoms. The fraction of sp³-hybridized carbons (Fsp3) is 0.688. The molecule has 4 rings (SSSR count). The van der Waals surface area contributed by atoms with Gasteiger partial charge in [0.15, 0.2) is 0 Å². The molecule has 1 amide bonds. The average Bonchev–Trinajstić information content (AvgIpc) is 2.93. The van der Waals surface area contributed by atoms with E-state index < -0.39 is 20.9 Å². The van der Waals surface area contributed by atoms with E-state index in [0.717, 1.165) is 0 Å². The molecule has 2 bridgehead atoms. The third kappa shape index (κ3) is 2.67. The first-order valence-corrected chi connectivity index (χ1v) is 10.2. The summed E-state index contributed by atoms with van der Waals surface area (Å²) in [5, 5.41) is 5.44. The van der Waals surface area contributed by atoms with Crippen LogP contribution in [-0.4, -0.2) is 76.9 Å². The Balaban J connectivity index is 1.61. The van der Waals surface area contributed by atoms with Gasteiger partial charge in [-0.25, -0.2) is 13.5 Å². The maximum absolute atomic E-state index is 12.9. The van der Waals surface area contributed by atoms with Crippen molar-refractivity contribution in [3.8, 4) is 0 Å². The lowest BCUT2D eigenvalue weighted by molar-refractivity contribution is -0.0981. The molecule has 1 aromatic rings. The Morgan fingerprint density at radius 1 is 1.42 bits per heavy atom. The molecule has 3 fully saturated rings. The van der Waals surface area contributed by atoms with E-state index in [1.807, 2.05) is 13.8 Å². The average molecular weight is 382 g/mol. The Morgan fingerprint density at radius 2 is 2.19 bits per heavy atom. The van der Waals surface area contributed by atoms with Gasteiger partial charge in [-0.05, 0) is 18.4 Å². The molecule has 1 N–H and O–H groups in total. The van der Waals surface area contributed by atoms with Gasteiger partial charge in [0.2, 0.25) is 10.0 Å². The van der Waals surface area contributed by atoms with Crippen LogP contribution in [0.1, 0.15) is 30.8 Å².